The van der Waals surface area contributed by atoms with Gasteiger partial charge in [-0.1, -0.05) is 0 Å². The van der Waals surface area contributed by atoms with Crippen LogP contribution < -0.4 is 5.73 Å². The molecular weight excluding hydrogens is 174 g/mol. The highest BCUT2D eigenvalue weighted by Crippen LogP contribution is 2.41. The van der Waals surface area contributed by atoms with Gasteiger partial charge in [0.25, 0.3) is 0 Å². The molecule has 3 fully saturated rings. The summed E-state index contributed by atoms with van der Waals surface area (Å²) in [6, 6.07) is 0. The Kier molecular flexibility index (Phi) is 1.77. The lowest BCUT2D eigenvalue weighted by atomic mass is 9.79. The van der Waals surface area contributed by atoms with Crippen LogP contribution in [0, 0.1) is 5.41 Å². The molecule has 2 saturated heterocycles. The maximum Gasteiger partial charge on any atom is 0.0284 e. The van der Waals surface area contributed by atoms with Crippen LogP contribution in [0.4, 0.5) is 0 Å². The lowest BCUT2D eigenvalue weighted by Gasteiger charge is -2.46. The molecule has 1 saturated carbocycles. The summed E-state index contributed by atoms with van der Waals surface area (Å²) in [4.78, 5) is 5.03. The summed E-state index contributed by atoms with van der Waals surface area (Å²) in [5.74, 6) is 0. The lowest BCUT2D eigenvalue weighted by molar-refractivity contribution is 0.0301. The fourth-order valence-electron chi connectivity index (χ4n) is 3.28. The summed E-state index contributed by atoms with van der Waals surface area (Å²) in [6.45, 7) is 6.35. The predicted molar refractivity (Wildman–Crippen MR) is 57.1 cm³/mol. The first kappa shape index (κ1) is 9.13. The van der Waals surface area contributed by atoms with Crippen molar-refractivity contribution in [2.45, 2.75) is 24.8 Å². The van der Waals surface area contributed by atoms with Gasteiger partial charge in [0.2, 0.25) is 0 Å². The first-order chi connectivity index (χ1) is 6.59. The minimum absolute atomic E-state index is 0.210. The van der Waals surface area contributed by atoms with E-state index in [1.807, 2.05) is 0 Å². The van der Waals surface area contributed by atoms with Crippen molar-refractivity contribution in [3.05, 3.63) is 0 Å². The Bertz CT molecular complexity index is 241. The summed E-state index contributed by atoms with van der Waals surface area (Å²) in [5.41, 5.74) is 7.01. The van der Waals surface area contributed by atoms with Gasteiger partial charge in [0.05, 0.1) is 0 Å². The maximum atomic E-state index is 6.15. The van der Waals surface area contributed by atoms with E-state index in [9.17, 15) is 0 Å². The third kappa shape index (κ3) is 1.47. The van der Waals surface area contributed by atoms with E-state index in [-0.39, 0.29) is 5.54 Å². The monoisotopic (exact) mass is 195 g/mol. The Labute approximate surface area is 86.2 Å². The van der Waals surface area contributed by atoms with Gasteiger partial charge >= 0.3 is 0 Å². The Hall–Kier alpha value is -0.120. The Balaban J connectivity index is 1.55. The fourth-order valence-corrected chi connectivity index (χ4v) is 3.28. The van der Waals surface area contributed by atoms with Crippen molar-refractivity contribution in [1.82, 2.24) is 9.80 Å². The van der Waals surface area contributed by atoms with Gasteiger partial charge in [0.15, 0.2) is 0 Å². The smallest absolute Gasteiger partial charge is 0.0284 e. The third-order valence-electron chi connectivity index (χ3n) is 4.16. The molecule has 1 aliphatic carbocycles. The molecule has 0 aromatic rings. The van der Waals surface area contributed by atoms with Crippen molar-refractivity contribution < 1.29 is 0 Å². The van der Waals surface area contributed by atoms with Gasteiger partial charge in [-0.15, -0.1) is 0 Å². The fraction of sp³-hybridized carbons (Fsp3) is 1.00. The number of hydrogen-bond acceptors (Lipinski definition) is 3. The van der Waals surface area contributed by atoms with Gasteiger partial charge < -0.3 is 15.5 Å². The molecule has 2 N–H and O–H groups in total. The summed E-state index contributed by atoms with van der Waals surface area (Å²) in [6.07, 6.45) is 3.89. The van der Waals surface area contributed by atoms with E-state index in [0.29, 0.717) is 5.41 Å². The molecule has 0 aromatic heterocycles. The molecule has 0 unspecified atom stereocenters. The Morgan fingerprint density at radius 3 is 2.43 bits per heavy atom. The number of rotatable bonds is 2. The molecule has 3 rings (SSSR count). The van der Waals surface area contributed by atoms with Crippen LogP contribution in [0.5, 0.6) is 0 Å². The zero-order valence-corrected chi connectivity index (χ0v) is 9.13. The van der Waals surface area contributed by atoms with Gasteiger partial charge in [-0.25, -0.2) is 0 Å². The Morgan fingerprint density at radius 1 is 1.14 bits per heavy atom. The topological polar surface area (TPSA) is 32.5 Å². The molecule has 0 bridgehead atoms. The third-order valence-corrected chi connectivity index (χ3v) is 4.16. The van der Waals surface area contributed by atoms with Crippen LogP contribution in [-0.2, 0) is 0 Å². The highest BCUT2D eigenvalue weighted by atomic mass is 15.3. The van der Waals surface area contributed by atoms with Crippen molar-refractivity contribution >= 4 is 0 Å². The molecule has 3 aliphatic rings. The Morgan fingerprint density at radius 2 is 1.86 bits per heavy atom. The number of nitrogens with zero attached hydrogens (tertiary/aromatic N) is 2. The first-order valence-electron chi connectivity index (χ1n) is 5.79. The molecule has 3 nitrogen and oxygen atoms in total. The van der Waals surface area contributed by atoms with Gasteiger partial charge in [0, 0.05) is 37.1 Å². The zero-order chi connectivity index (χ0) is 9.81. The average molecular weight is 195 g/mol. The van der Waals surface area contributed by atoms with Crippen molar-refractivity contribution in [3.8, 4) is 0 Å². The lowest BCUT2D eigenvalue weighted by Crippen LogP contribution is -2.55. The van der Waals surface area contributed by atoms with E-state index in [1.165, 1.54) is 45.4 Å². The van der Waals surface area contributed by atoms with E-state index in [2.05, 4.69) is 16.8 Å². The number of hydrogen-bond donors (Lipinski definition) is 1. The molecule has 3 heteroatoms. The summed E-state index contributed by atoms with van der Waals surface area (Å²) < 4.78 is 0. The molecule has 0 aromatic carbocycles. The molecule has 80 valence electrons. The number of likely N-dealkylation sites (tertiary alicyclic amines) is 2. The first-order valence-corrected chi connectivity index (χ1v) is 5.79. The highest BCUT2D eigenvalue weighted by Gasteiger charge is 2.48. The molecule has 0 atom stereocenters. The predicted octanol–water partition coefficient (Wildman–Crippen LogP) is 0.115. The quantitative estimate of drug-likeness (QED) is 0.679. The number of nitrogens with two attached hydrogens (primary N) is 1. The summed E-state index contributed by atoms with van der Waals surface area (Å²) in [7, 11) is 2.22. The molecule has 1 spiro atoms. The normalized spacial score (nSPS) is 34.7. The molecule has 2 aliphatic heterocycles. The van der Waals surface area contributed by atoms with Crippen LogP contribution in [0.3, 0.4) is 0 Å². The second-order valence-electron chi connectivity index (χ2n) is 6.00. The van der Waals surface area contributed by atoms with Gasteiger partial charge in [0.1, 0.15) is 0 Å². The summed E-state index contributed by atoms with van der Waals surface area (Å²) in [5, 5.41) is 0. The van der Waals surface area contributed by atoms with Crippen LogP contribution in [0.15, 0.2) is 0 Å². The van der Waals surface area contributed by atoms with Crippen LogP contribution in [0.25, 0.3) is 0 Å². The summed E-state index contributed by atoms with van der Waals surface area (Å²) >= 11 is 0. The molecule has 14 heavy (non-hydrogen) atoms. The minimum Gasteiger partial charge on any atom is -0.324 e. The van der Waals surface area contributed by atoms with Gasteiger partial charge in [-0.3, -0.25) is 0 Å². The molecular formula is C11H21N3. The molecule has 0 amide bonds. The second kappa shape index (κ2) is 2.71. The van der Waals surface area contributed by atoms with E-state index >= 15 is 0 Å². The zero-order valence-electron chi connectivity index (χ0n) is 9.13. The van der Waals surface area contributed by atoms with Crippen LogP contribution >= 0.6 is 0 Å². The van der Waals surface area contributed by atoms with Crippen molar-refractivity contribution in [3.63, 3.8) is 0 Å². The molecule has 2 heterocycles. The van der Waals surface area contributed by atoms with Crippen molar-refractivity contribution in [2.24, 2.45) is 11.1 Å². The van der Waals surface area contributed by atoms with Gasteiger partial charge in [-0.2, -0.15) is 0 Å². The minimum atomic E-state index is 0.210. The van der Waals surface area contributed by atoms with Gasteiger partial charge in [-0.05, 0) is 32.9 Å². The standard InChI is InChI=1S/C11H21N3/c1-13-6-10(7-13)4-5-14(8-10)9-11(12)2-3-11/h2-9,12H2,1H3. The van der Waals surface area contributed by atoms with E-state index in [0.717, 1.165) is 6.54 Å². The molecule has 0 radical (unpaired) electrons. The van der Waals surface area contributed by atoms with Crippen molar-refractivity contribution in [2.75, 3.05) is 39.8 Å². The largest absolute Gasteiger partial charge is 0.324 e. The van der Waals surface area contributed by atoms with Crippen molar-refractivity contribution in [1.29, 1.82) is 0 Å². The average Bonchev–Trinajstić information content (AvgIpc) is 2.61. The highest BCUT2D eigenvalue weighted by molar-refractivity contribution is 5.06. The SMILES string of the molecule is CN1CC2(CCN(CC3(N)CC3)C2)C1. The van der Waals surface area contributed by atoms with Crippen LogP contribution in [0.2, 0.25) is 0 Å². The van der Waals surface area contributed by atoms with E-state index < -0.39 is 0 Å². The maximum absolute atomic E-state index is 6.15. The van der Waals surface area contributed by atoms with Crippen LogP contribution in [-0.4, -0.2) is 55.1 Å². The second-order valence-corrected chi connectivity index (χ2v) is 6.00. The van der Waals surface area contributed by atoms with E-state index in [1.54, 1.807) is 0 Å². The van der Waals surface area contributed by atoms with E-state index in [4.69, 9.17) is 5.73 Å². The van der Waals surface area contributed by atoms with Crippen LogP contribution in [0.1, 0.15) is 19.3 Å².